The number of aromatic nitrogens is 1. The summed E-state index contributed by atoms with van der Waals surface area (Å²) in [6.07, 6.45) is 6.15. The third-order valence-electron chi connectivity index (χ3n) is 3.86. The van der Waals surface area contributed by atoms with E-state index in [4.69, 9.17) is 0 Å². The van der Waals surface area contributed by atoms with Crippen molar-refractivity contribution in [3.63, 3.8) is 0 Å². The zero-order valence-corrected chi connectivity index (χ0v) is 12.5. The molecule has 3 nitrogen and oxygen atoms in total. The lowest BCUT2D eigenvalue weighted by Crippen LogP contribution is -2.29. The van der Waals surface area contributed by atoms with Crippen LogP contribution in [0.25, 0.3) is 0 Å². The van der Waals surface area contributed by atoms with E-state index >= 15 is 0 Å². The fourth-order valence-corrected chi connectivity index (χ4v) is 2.46. The first kappa shape index (κ1) is 14.3. The van der Waals surface area contributed by atoms with Gasteiger partial charge in [0.25, 0.3) is 0 Å². The summed E-state index contributed by atoms with van der Waals surface area (Å²) < 4.78 is 0. The van der Waals surface area contributed by atoms with E-state index in [2.05, 4.69) is 48.2 Å². The Labute approximate surface area is 117 Å². The third kappa shape index (κ3) is 4.50. The van der Waals surface area contributed by atoms with Gasteiger partial charge in [-0.2, -0.15) is 0 Å². The second kappa shape index (κ2) is 6.90. The maximum atomic E-state index is 4.44. The fraction of sp³-hybridized carbons (Fsp3) is 0.688. The SMILES string of the molecule is CC(C)CNCc1cc(N(C)CC2CCC2)ccn1. The van der Waals surface area contributed by atoms with Crippen LogP contribution in [0.4, 0.5) is 5.69 Å². The molecule has 0 radical (unpaired) electrons. The molecule has 0 amide bonds. The number of hydrogen-bond acceptors (Lipinski definition) is 3. The lowest BCUT2D eigenvalue weighted by Gasteiger charge is -2.31. The van der Waals surface area contributed by atoms with E-state index in [0.29, 0.717) is 5.92 Å². The minimum absolute atomic E-state index is 0.685. The minimum Gasteiger partial charge on any atom is -0.374 e. The molecule has 1 aliphatic rings. The average molecular weight is 261 g/mol. The van der Waals surface area contributed by atoms with E-state index in [0.717, 1.165) is 24.7 Å². The van der Waals surface area contributed by atoms with Crippen LogP contribution in [0, 0.1) is 11.8 Å². The van der Waals surface area contributed by atoms with Crippen molar-refractivity contribution in [2.45, 2.75) is 39.7 Å². The smallest absolute Gasteiger partial charge is 0.0562 e. The zero-order chi connectivity index (χ0) is 13.7. The van der Waals surface area contributed by atoms with Gasteiger partial charge in [-0.25, -0.2) is 0 Å². The molecule has 0 bridgehead atoms. The fourth-order valence-electron chi connectivity index (χ4n) is 2.46. The number of nitrogens with zero attached hydrogens (tertiary/aromatic N) is 2. The Bertz CT molecular complexity index is 385. The van der Waals surface area contributed by atoms with Gasteiger partial charge in [-0.3, -0.25) is 4.98 Å². The summed E-state index contributed by atoms with van der Waals surface area (Å²) in [6.45, 7) is 7.54. The average Bonchev–Trinajstić information content (AvgIpc) is 2.33. The summed E-state index contributed by atoms with van der Waals surface area (Å²) in [7, 11) is 2.19. The molecule has 0 spiro atoms. The Kier molecular flexibility index (Phi) is 5.20. The molecule has 0 aliphatic heterocycles. The Morgan fingerprint density at radius 2 is 2.21 bits per heavy atom. The van der Waals surface area contributed by atoms with Crippen molar-refractivity contribution in [1.82, 2.24) is 10.3 Å². The maximum Gasteiger partial charge on any atom is 0.0562 e. The van der Waals surface area contributed by atoms with Gasteiger partial charge in [-0.05, 0) is 43.4 Å². The highest BCUT2D eigenvalue weighted by Crippen LogP contribution is 2.28. The standard InChI is InChI=1S/C16H27N3/c1-13(2)10-17-11-15-9-16(7-8-18-15)19(3)12-14-5-4-6-14/h7-9,13-14,17H,4-6,10-12H2,1-3H3. The van der Waals surface area contributed by atoms with Crippen molar-refractivity contribution in [1.29, 1.82) is 0 Å². The Morgan fingerprint density at radius 3 is 2.84 bits per heavy atom. The second-order valence-corrected chi connectivity index (χ2v) is 6.21. The van der Waals surface area contributed by atoms with Gasteiger partial charge in [-0.15, -0.1) is 0 Å². The van der Waals surface area contributed by atoms with Crippen LogP contribution in [0.5, 0.6) is 0 Å². The maximum absolute atomic E-state index is 4.44. The van der Waals surface area contributed by atoms with Crippen LogP contribution in [0.15, 0.2) is 18.3 Å². The van der Waals surface area contributed by atoms with E-state index < -0.39 is 0 Å². The molecule has 1 fully saturated rings. The second-order valence-electron chi connectivity index (χ2n) is 6.21. The normalized spacial score (nSPS) is 15.6. The molecule has 1 aliphatic carbocycles. The van der Waals surface area contributed by atoms with Gasteiger partial charge in [0.05, 0.1) is 5.69 Å². The number of hydrogen-bond donors (Lipinski definition) is 1. The summed E-state index contributed by atoms with van der Waals surface area (Å²) in [5.74, 6) is 1.59. The van der Waals surface area contributed by atoms with Crippen LogP contribution >= 0.6 is 0 Å². The summed E-state index contributed by atoms with van der Waals surface area (Å²) >= 11 is 0. The molecule has 1 saturated carbocycles. The van der Waals surface area contributed by atoms with Crippen LogP contribution < -0.4 is 10.2 Å². The van der Waals surface area contributed by atoms with Gasteiger partial charge < -0.3 is 10.2 Å². The monoisotopic (exact) mass is 261 g/mol. The number of rotatable bonds is 7. The Hall–Kier alpha value is -1.09. The van der Waals surface area contributed by atoms with Gasteiger partial charge in [-0.1, -0.05) is 20.3 Å². The van der Waals surface area contributed by atoms with Gasteiger partial charge in [0.15, 0.2) is 0 Å². The highest BCUT2D eigenvalue weighted by atomic mass is 15.1. The van der Waals surface area contributed by atoms with E-state index in [1.165, 1.54) is 31.5 Å². The molecular weight excluding hydrogens is 234 g/mol. The summed E-state index contributed by atoms with van der Waals surface area (Å²) in [5.41, 5.74) is 2.43. The van der Waals surface area contributed by atoms with Crippen LogP contribution in [-0.4, -0.2) is 25.1 Å². The molecule has 0 atom stereocenters. The Morgan fingerprint density at radius 1 is 1.42 bits per heavy atom. The largest absolute Gasteiger partial charge is 0.374 e. The van der Waals surface area contributed by atoms with E-state index in [-0.39, 0.29) is 0 Å². The highest BCUT2D eigenvalue weighted by molar-refractivity contribution is 5.45. The predicted octanol–water partition coefficient (Wildman–Crippen LogP) is 3.06. The topological polar surface area (TPSA) is 28.2 Å². The molecule has 0 aromatic carbocycles. The van der Waals surface area contributed by atoms with Crippen molar-refractivity contribution in [2.24, 2.45) is 11.8 Å². The van der Waals surface area contributed by atoms with Crippen molar-refractivity contribution >= 4 is 5.69 Å². The third-order valence-corrected chi connectivity index (χ3v) is 3.86. The van der Waals surface area contributed by atoms with Gasteiger partial charge in [0.2, 0.25) is 0 Å². The summed E-state index contributed by atoms with van der Waals surface area (Å²) in [6, 6.07) is 4.33. The van der Waals surface area contributed by atoms with Crippen LogP contribution in [-0.2, 0) is 6.54 Å². The highest BCUT2D eigenvalue weighted by Gasteiger charge is 2.19. The van der Waals surface area contributed by atoms with Crippen molar-refractivity contribution in [3.8, 4) is 0 Å². The minimum atomic E-state index is 0.685. The number of nitrogens with one attached hydrogen (secondary N) is 1. The van der Waals surface area contributed by atoms with Crippen molar-refractivity contribution in [2.75, 3.05) is 25.0 Å². The van der Waals surface area contributed by atoms with Gasteiger partial charge >= 0.3 is 0 Å². The Balaban J connectivity index is 1.86. The summed E-state index contributed by atoms with van der Waals surface area (Å²) in [5, 5.41) is 3.45. The number of anilines is 1. The van der Waals surface area contributed by atoms with E-state index in [1.807, 2.05) is 6.20 Å². The molecule has 1 aromatic heterocycles. The lowest BCUT2D eigenvalue weighted by molar-refractivity contribution is 0.321. The first-order valence-electron chi connectivity index (χ1n) is 7.52. The van der Waals surface area contributed by atoms with Crippen molar-refractivity contribution in [3.05, 3.63) is 24.0 Å². The molecule has 19 heavy (non-hydrogen) atoms. The molecule has 1 aromatic rings. The number of pyridine rings is 1. The lowest BCUT2D eigenvalue weighted by atomic mass is 9.85. The summed E-state index contributed by atoms with van der Waals surface area (Å²) in [4.78, 5) is 6.82. The van der Waals surface area contributed by atoms with E-state index in [1.54, 1.807) is 0 Å². The first-order chi connectivity index (χ1) is 9.15. The molecule has 1 heterocycles. The van der Waals surface area contributed by atoms with E-state index in [9.17, 15) is 0 Å². The molecular formula is C16H27N3. The van der Waals surface area contributed by atoms with Crippen LogP contribution in [0.3, 0.4) is 0 Å². The molecule has 2 rings (SSSR count). The van der Waals surface area contributed by atoms with Crippen LogP contribution in [0.1, 0.15) is 38.8 Å². The molecule has 106 valence electrons. The quantitative estimate of drug-likeness (QED) is 0.817. The molecule has 0 unspecified atom stereocenters. The molecule has 3 heteroatoms. The zero-order valence-electron chi connectivity index (χ0n) is 12.5. The van der Waals surface area contributed by atoms with Crippen LogP contribution in [0.2, 0.25) is 0 Å². The van der Waals surface area contributed by atoms with Crippen molar-refractivity contribution < 1.29 is 0 Å². The molecule has 1 N–H and O–H groups in total. The predicted molar refractivity (Wildman–Crippen MR) is 81.4 cm³/mol. The van der Waals surface area contributed by atoms with Gasteiger partial charge in [0, 0.05) is 32.0 Å². The van der Waals surface area contributed by atoms with Gasteiger partial charge in [0.1, 0.15) is 0 Å². The first-order valence-corrected chi connectivity index (χ1v) is 7.52. The molecule has 0 saturated heterocycles.